The number of nitrogens with zero attached hydrogens (tertiary/aromatic N) is 3. The summed E-state index contributed by atoms with van der Waals surface area (Å²) in [5, 5.41) is 11.3. The van der Waals surface area contributed by atoms with Gasteiger partial charge in [-0.1, -0.05) is 24.3 Å². The average Bonchev–Trinajstić information content (AvgIpc) is 3.27. The SMILES string of the molecule is CN(C)[C@@H]1c2ccccc2C2(CCN(C(=O)CCn3cccc3)CC2)[C@H]1O. The third-order valence-electron chi connectivity index (χ3n) is 6.50. The van der Waals surface area contributed by atoms with E-state index in [0.29, 0.717) is 6.42 Å². The second kappa shape index (κ2) is 7.13. The van der Waals surface area contributed by atoms with Crippen molar-refractivity contribution < 1.29 is 9.90 Å². The first kappa shape index (κ1) is 18.3. The Kier molecular flexibility index (Phi) is 4.82. The molecule has 1 aliphatic heterocycles. The molecule has 5 nitrogen and oxygen atoms in total. The molecule has 0 radical (unpaired) electrons. The molecule has 2 atom stereocenters. The molecule has 0 bridgehead atoms. The minimum absolute atomic E-state index is 0.0252. The quantitative estimate of drug-likeness (QED) is 0.903. The number of carbonyl (C=O) groups is 1. The molecule has 0 unspecified atom stereocenters. The number of aliphatic hydroxyl groups excluding tert-OH is 1. The van der Waals surface area contributed by atoms with Crippen LogP contribution in [0.1, 0.15) is 36.4 Å². The molecule has 5 heteroatoms. The Bertz CT molecular complexity index is 792. The molecule has 2 aliphatic rings. The number of rotatable bonds is 4. The second-order valence-corrected chi connectivity index (χ2v) is 8.15. The lowest BCUT2D eigenvalue weighted by Crippen LogP contribution is -2.50. The molecule has 1 fully saturated rings. The van der Waals surface area contributed by atoms with Crippen molar-refractivity contribution in [2.75, 3.05) is 27.2 Å². The van der Waals surface area contributed by atoms with Gasteiger partial charge in [0.1, 0.15) is 0 Å². The average molecular weight is 367 g/mol. The zero-order chi connectivity index (χ0) is 19.0. The predicted molar refractivity (Wildman–Crippen MR) is 105 cm³/mol. The number of carbonyl (C=O) groups excluding carboxylic acids is 1. The summed E-state index contributed by atoms with van der Waals surface area (Å²) in [5.41, 5.74) is 2.28. The fourth-order valence-corrected chi connectivity index (χ4v) is 5.02. The molecule has 2 aromatic rings. The number of likely N-dealkylation sites (tertiary alicyclic amines) is 1. The van der Waals surface area contributed by atoms with Crippen molar-refractivity contribution in [3.63, 3.8) is 0 Å². The van der Waals surface area contributed by atoms with Crippen LogP contribution in [-0.4, -0.2) is 58.7 Å². The van der Waals surface area contributed by atoms with Crippen molar-refractivity contribution in [2.24, 2.45) is 0 Å². The van der Waals surface area contributed by atoms with Gasteiger partial charge >= 0.3 is 0 Å². The van der Waals surface area contributed by atoms with Gasteiger partial charge in [0.05, 0.1) is 12.1 Å². The van der Waals surface area contributed by atoms with Gasteiger partial charge in [0.2, 0.25) is 5.91 Å². The number of piperidine rings is 1. The van der Waals surface area contributed by atoms with Crippen LogP contribution in [0, 0.1) is 0 Å². The summed E-state index contributed by atoms with van der Waals surface area (Å²) in [6.45, 7) is 2.16. The summed E-state index contributed by atoms with van der Waals surface area (Å²) < 4.78 is 2.04. The molecule has 4 rings (SSSR count). The van der Waals surface area contributed by atoms with E-state index in [4.69, 9.17) is 0 Å². The van der Waals surface area contributed by atoms with E-state index >= 15 is 0 Å². The van der Waals surface area contributed by atoms with Crippen LogP contribution in [-0.2, 0) is 16.8 Å². The Morgan fingerprint density at radius 3 is 2.48 bits per heavy atom. The Hall–Kier alpha value is -2.11. The van der Waals surface area contributed by atoms with E-state index < -0.39 is 6.10 Å². The molecule has 1 N–H and O–H groups in total. The predicted octanol–water partition coefficient (Wildman–Crippen LogP) is 2.42. The van der Waals surface area contributed by atoms with Gasteiger partial charge in [-0.15, -0.1) is 0 Å². The molecule has 1 spiro atoms. The van der Waals surface area contributed by atoms with Crippen LogP contribution in [0.15, 0.2) is 48.8 Å². The monoisotopic (exact) mass is 367 g/mol. The van der Waals surface area contributed by atoms with Crippen molar-refractivity contribution in [1.29, 1.82) is 0 Å². The highest BCUT2D eigenvalue weighted by Crippen LogP contribution is 2.52. The summed E-state index contributed by atoms with van der Waals surface area (Å²) in [6.07, 6.45) is 5.73. The Morgan fingerprint density at radius 2 is 1.81 bits per heavy atom. The molecule has 144 valence electrons. The van der Waals surface area contributed by atoms with E-state index in [9.17, 15) is 9.90 Å². The van der Waals surface area contributed by atoms with Crippen LogP contribution in [0.25, 0.3) is 0 Å². The number of aromatic nitrogens is 1. The number of amides is 1. The van der Waals surface area contributed by atoms with Crippen LogP contribution in [0.2, 0.25) is 0 Å². The minimum Gasteiger partial charge on any atom is -0.390 e. The van der Waals surface area contributed by atoms with Gasteiger partial charge in [-0.05, 0) is 50.2 Å². The summed E-state index contributed by atoms with van der Waals surface area (Å²) >= 11 is 0. The Balaban J connectivity index is 1.47. The van der Waals surface area contributed by atoms with Crippen LogP contribution < -0.4 is 0 Å². The van der Waals surface area contributed by atoms with Gasteiger partial charge < -0.3 is 19.5 Å². The summed E-state index contributed by atoms with van der Waals surface area (Å²) in [4.78, 5) is 16.7. The number of hydrogen-bond acceptors (Lipinski definition) is 3. The molecule has 27 heavy (non-hydrogen) atoms. The lowest BCUT2D eigenvalue weighted by Gasteiger charge is -2.43. The lowest BCUT2D eigenvalue weighted by atomic mass is 9.72. The Morgan fingerprint density at radius 1 is 1.15 bits per heavy atom. The smallest absolute Gasteiger partial charge is 0.224 e. The first-order valence-corrected chi connectivity index (χ1v) is 9.85. The van der Waals surface area contributed by atoms with Gasteiger partial charge in [0.15, 0.2) is 0 Å². The maximum absolute atomic E-state index is 12.6. The standard InChI is InChI=1S/C22H29N3O2/c1-23(2)20-17-7-3-4-8-18(17)22(21(20)27)10-15-25(16-11-22)19(26)9-14-24-12-5-6-13-24/h3-8,12-13,20-21,27H,9-11,14-16H2,1-2H3/t20-,21+/m1/s1. The Labute approximate surface area is 161 Å². The summed E-state index contributed by atoms with van der Waals surface area (Å²) in [6, 6.07) is 12.4. The largest absolute Gasteiger partial charge is 0.390 e. The van der Waals surface area contributed by atoms with Crippen molar-refractivity contribution >= 4 is 5.91 Å². The van der Waals surface area contributed by atoms with Gasteiger partial charge in [0, 0.05) is 43.9 Å². The highest BCUT2D eigenvalue weighted by atomic mass is 16.3. The van der Waals surface area contributed by atoms with Crippen molar-refractivity contribution in [1.82, 2.24) is 14.4 Å². The molecular weight excluding hydrogens is 338 g/mol. The van der Waals surface area contributed by atoms with E-state index in [1.165, 1.54) is 11.1 Å². The first-order chi connectivity index (χ1) is 13.0. The number of fused-ring (bicyclic) bond motifs is 2. The van der Waals surface area contributed by atoms with Crippen molar-refractivity contribution in [3.05, 3.63) is 59.9 Å². The van der Waals surface area contributed by atoms with E-state index in [1.54, 1.807) is 0 Å². The molecule has 1 aromatic heterocycles. The van der Waals surface area contributed by atoms with E-state index in [-0.39, 0.29) is 17.4 Å². The van der Waals surface area contributed by atoms with Crippen molar-refractivity contribution in [3.8, 4) is 0 Å². The van der Waals surface area contributed by atoms with Crippen LogP contribution >= 0.6 is 0 Å². The number of likely N-dealkylation sites (N-methyl/N-ethyl adjacent to an activating group) is 1. The van der Waals surface area contributed by atoms with Crippen LogP contribution in [0.4, 0.5) is 0 Å². The third kappa shape index (κ3) is 3.09. The maximum atomic E-state index is 12.6. The van der Waals surface area contributed by atoms with E-state index in [1.807, 2.05) is 48.1 Å². The zero-order valence-electron chi connectivity index (χ0n) is 16.2. The maximum Gasteiger partial charge on any atom is 0.224 e. The molecule has 1 saturated heterocycles. The molecule has 1 aromatic carbocycles. The molecule has 1 aliphatic carbocycles. The fourth-order valence-electron chi connectivity index (χ4n) is 5.02. The van der Waals surface area contributed by atoms with Gasteiger partial charge in [-0.3, -0.25) is 4.79 Å². The zero-order valence-corrected chi connectivity index (χ0v) is 16.2. The molecule has 0 saturated carbocycles. The van der Waals surface area contributed by atoms with E-state index in [2.05, 4.69) is 29.2 Å². The number of hydrogen-bond donors (Lipinski definition) is 1. The van der Waals surface area contributed by atoms with Crippen LogP contribution in [0.5, 0.6) is 0 Å². The minimum atomic E-state index is -0.429. The number of benzene rings is 1. The number of aliphatic hydroxyl groups is 1. The normalized spacial score (nSPS) is 23.8. The second-order valence-electron chi connectivity index (χ2n) is 8.15. The first-order valence-electron chi connectivity index (χ1n) is 9.85. The highest BCUT2D eigenvalue weighted by molar-refractivity contribution is 5.76. The lowest BCUT2D eigenvalue weighted by molar-refractivity contribution is -0.134. The summed E-state index contributed by atoms with van der Waals surface area (Å²) in [5.74, 6) is 0.212. The van der Waals surface area contributed by atoms with Crippen molar-refractivity contribution in [2.45, 2.75) is 43.4 Å². The van der Waals surface area contributed by atoms with Crippen LogP contribution in [0.3, 0.4) is 0 Å². The molecular formula is C22H29N3O2. The van der Waals surface area contributed by atoms with E-state index in [0.717, 1.165) is 32.5 Å². The third-order valence-corrected chi connectivity index (χ3v) is 6.50. The highest BCUT2D eigenvalue weighted by Gasteiger charge is 2.53. The molecule has 2 heterocycles. The van der Waals surface area contributed by atoms with Gasteiger partial charge in [-0.25, -0.2) is 0 Å². The summed E-state index contributed by atoms with van der Waals surface area (Å²) in [7, 11) is 4.06. The van der Waals surface area contributed by atoms with Gasteiger partial charge in [-0.2, -0.15) is 0 Å². The fraction of sp³-hybridized carbons (Fsp3) is 0.500. The molecule has 1 amide bonds. The topological polar surface area (TPSA) is 48.7 Å². The van der Waals surface area contributed by atoms with Gasteiger partial charge in [0.25, 0.3) is 0 Å². The number of aryl methyl sites for hydroxylation is 1.